The largest absolute Gasteiger partial charge is 0.341 e. The number of nitrogens with two attached hydrogens (primary N) is 1. The van der Waals surface area contributed by atoms with Crippen molar-refractivity contribution in [1.29, 1.82) is 0 Å². The highest BCUT2D eigenvalue weighted by Gasteiger charge is 2.34. The molecule has 0 spiro atoms. The number of amides is 1. The van der Waals surface area contributed by atoms with Gasteiger partial charge < -0.3 is 10.6 Å². The van der Waals surface area contributed by atoms with Gasteiger partial charge in [0.15, 0.2) is 0 Å². The van der Waals surface area contributed by atoms with E-state index in [4.69, 9.17) is 5.73 Å². The van der Waals surface area contributed by atoms with Gasteiger partial charge in [-0.15, -0.1) is 24.2 Å². The van der Waals surface area contributed by atoms with Gasteiger partial charge in [-0.1, -0.05) is 18.2 Å². The molecule has 0 saturated carbocycles. The number of likely N-dealkylation sites (tertiary alicyclic amines) is 1. The molecule has 2 aliphatic heterocycles. The van der Waals surface area contributed by atoms with Crippen LogP contribution in [-0.2, 0) is 11.2 Å². The molecule has 0 aromatic heterocycles. The molecule has 5 heteroatoms. The zero-order chi connectivity index (χ0) is 14.1. The molecular weight excluding hydrogens is 304 g/mol. The molecule has 1 fully saturated rings. The third-order valence-corrected chi connectivity index (χ3v) is 5.74. The van der Waals surface area contributed by atoms with E-state index in [0.717, 1.165) is 32.4 Å². The number of piperidine rings is 1. The summed E-state index contributed by atoms with van der Waals surface area (Å²) in [6.45, 7) is 3.79. The Bertz CT molecular complexity index is 484. The van der Waals surface area contributed by atoms with Gasteiger partial charge in [0.05, 0.1) is 5.25 Å². The maximum atomic E-state index is 12.7. The van der Waals surface area contributed by atoms with Crippen molar-refractivity contribution in [2.24, 2.45) is 11.7 Å². The number of nitrogens with zero attached hydrogens (tertiary/aromatic N) is 1. The first kappa shape index (κ1) is 16.7. The van der Waals surface area contributed by atoms with E-state index in [9.17, 15) is 4.79 Å². The fourth-order valence-corrected chi connectivity index (χ4v) is 4.44. The van der Waals surface area contributed by atoms with Crippen LogP contribution >= 0.6 is 24.2 Å². The highest BCUT2D eigenvalue weighted by atomic mass is 35.5. The van der Waals surface area contributed by atoms with Gasteiger partial charge in [0.1, 0.15) is 0 Å². The Morgan fingerprint density at radius 1 is 1.43 bits per heavy atom. The van der Waals surface area contributed by atoms with Gasteiger partial charge >= 0.3 is 0 Å². The number of carbonyl (C=O) groups is 1. The van der Waals surface area contributed by atoms with E-state index in [0.29, 0.717) is 11.8 Å². The molecule has 0 bridgehead atoms. The third-order valence-electron chi connectivity index (χ3n) is 4.44. The second-order valence-corrected chi connectivity index (χ2v) is 7.21. The number of fused-ring (bicyclic) bond motifs is 1. The first-order chi connectivity index (χ1) is 9.65. The summed E-state index contributed by atoms with van der Waals surface area (Å²) < 4.78 is 0. The zero-order valence-electron chi connectivity index (χ0n) is 12.3. The lowest BCUT2D eigenvalue weighted by Gasteiger charge is -2.35. The Kier molecular flexibility index (Phi) is 5.58. The van der Waals surface area contributed by atoms with Crippen molar-refractivity contribution in [3.63, 3.8) is 0 Å². The Morgan fingerprint density at radius 3 is 2.90 bits per heavy atom. The van der Waals surface area contributed by atoms with Gasteiger partial charge in [-0.2, -0.15) is 0 Å². The number of thioether (sulfide) groups is 1. The van der Waals surface area contributed by atoms with Gasteiger partial charge in [0.25, 0.3) is 0 Å². The van der Waals surface area contributed by atoms with Crippen LogP contribution in [0.3, 0.4) is 0 Å². The molecule has 3 nitrogen and oxygen atoms in total. The molecule has 1 saturated heterocycles. The second-order valence-electron chi connectivity index (χ2n) is 5.96. The monoisotopic (exact) mass is 326 g/mol. The quantitative estimate of drug-likeness (QED) is 0.909. The van der Waals surface area contributed by atoms with Crippen LogP contribution in [0.15, 0.2) is 29.2 Å². The Morgan fingerprint density at radius 2 is 2.19 bits per heavy atom. The number of rotatable bonds is 2. The van der Waals surface area contributed by atoms with Crippen molar-refractivity contribution in [3.8, 4) is 0 Å². The van der Waals surface area contributed by atoms with Crippen LogP contribution in [0.2, 0.25) is 0 Å². The van der Waals surface area contributed by atoms with E-state index >= 15 is 0 Å². The highest BCUT2D eigenvalue weighted by Crippen LogP contribution is 2.38. The van der Waals surface area contributed by atoms with Gasteiger partial charge in [0.2, 0.25) is 5.91 Å². The molecule has 0 radical (unpaired) electrons. The molecule has 3 rings (SSSR count). The van der Waals surface area contributed by atoms with Crippen LogP contribution in [0.4, 0.5) is 0 Å². The molecule has 3 unspecified atom stereocenters. The molecule has 0 aliphatic carbocycles. The first-order valence-corrected chi connectivity index (χ1v) is 8.32. The first-order valence-electron chi connectivity index (χ1n) is 7.44. The van der Waals surface area contributed by atoms with E-state index in [1.807, 2.05) is 11.0 Å². The number of benzene rings is 1. The number of carbonyl (C=O) groups excluding carboxylic acids is 1. The molecular formula is C16H23ClN2OS. The molecule has 3 atom stereocenters. The number of hydrogen-bond acceptors (Lipinski definition) is 3. The van der Waals surface area contributed by atoms with Crippen molar-refractivity contribution in [2.45, 2.75) is 42.4 Å². The third kappa shape index (κ3) is 3.55. The summed E-state index contributed by atoms with van der Waals surface area (Å²) in [7, 11) is 0. The molecule has 1 amide bonds. The average molecular weight is 327 g/mol. The van der Waals surface area contributed by atoms with Crippen molar-refractivity contribution >= 4 is 30.1 Å². The number of halogens is 1. The van der Waals surface area contributed by atoms with Crippen LogP contribution in [0, 0.1) is 5.92 Å². The molecule has 21 heavy (non-hydrogen) atoms. The molecule has 116 valence electrons. The maximum absolute atomic E-state index is 12.7. The van der Waals surface area contributed by atoms with Crippen molar-refractivity contribution < 1.29 is 4.79 Å². The maximum Gasteiger partial charge on any atom is 0.236 e. The highest BCUT2D eigenvalue weighted by molar-refractivity contribution is 8.01. The zero-order valence-corrected chi connectivity index (χ0v) is 14.0. The minimum absolute atomic E-state index is 0. The van der Waals surface area contributed by atoms with E-state index < -0.39 is 0 Å². The summed E-state index contributed by atoms with van der Waals surface area (Å²) in [6.07, 6.45) is 3.11. The lowest BCUT2D eigenvalue weighted by atomic mass is 9.92. The van der Waals surface area contributed by atoms with Crippen LogP contribution in [-0.4, -0.2) is 35.2 Å². The van der Waals surface area contributed by atoms with Crippen molar-refractivity contribution in [2.75, 3.05) is 13.1 Å². The Hall–Kier alpha value is -0.710. The van der Waals surface area contributed by atoms with Crippen molar-refractivity contribution in [1.82, 2.24) is 4.90 Å². The van der Waals surface area contributed by atoms with Crippen LogP contribution in [0.5, 0.6) is 0 Å². The lowest BCUT2D eigenvalue weighted by Crippen LogP contribution is -2.47. The number of hydrogen-bond donors (Lipinski definition) is 1. The average Bonchev–Trinajstić information content (AvgIpc) is 2.90. The van der Waals surface area contributed by atoms with Gasteiger partial charge in [-0.05, 0) is 43.7 Å². The Balaban J connectivity index is 0.00000161. The molecule has 2 aliphatic rings. The van der Waals surface area contributed by atoms with E-state index in [2.05, 4.69) is 25.1 Å². The summed E-state index contributed by atoms with van der Waals surface area (Å²) in [5, 5.41) is 0.0687. The predicted octanol–water partition coefficient (Wildman–Crippen LogP) is 2.71. The fourth-order valence-electron chi connectivity index (χ4n) is 3.16. The minimum Gasteiger partial charge on any atom is -0.341 e. The van der Waals surface area contributed by atoms with E-state index in [1.165, 1.54) is 10.5 Å². The Labute approximate surface area is 137 Å². The fraction of sp³-hybridized carbons (Fsp3) is 0.562. The normalized spacial score (nSPS) is 25.9. The van der Waals surface area contributed by atoms with Gasteiger partial charge in [-0.25, -0.2) is 0 Å². The topological polar surface area (TPSA) is 46.3 Å². The minimum atomic E-state index is 0. The summed E-state index contributed by atoms with van der Waals surface area (Å²) in [6, 6.07) is 8.54. The molecule has 1 aromatic rings. The predicted molar refractivity (Wildman–Crippen MR) is 90.0 cm³/mol. The van der Waals surface area contributed by atoms with E-state index in [1.54, 1.807) is 11.8 Å². The van der Waals surface area contributed by atoms with Gasteiger partial charge in [0, 0.05) is 24.0 Å². The molecule has 2 heterocycles. The second kappa shape index (κ2) is 7.03. The summed E-state index contributed by atoms with van der Waals surface area (Å²) in [5.41, 5.74) is 7.33. The summed E-state index contributed by atoms with van der Waals surface area (Å²) in [5.74, 6) is 0.762. The van der Waals surface area contributed by atoms with E-state index in [-0.39, 0.29) is 23.7 Å². The van der Waals surface area contributed by atoms with Crippen LogP contribution in [0.25, 0.3) is 0 Å². The van der Waals surface area contributed by atoms with Crippen LogP contribution < -0.4 is 5.73 Å². The molecule has 2 N–H and O–H groups in total. The smallest absolute Gasteiger partial charge is 0.236 e. The standard InChI is InChI=1S/C16H22N2OS.ClH/c1-11(17)13-6-4-8-18(10-13)16(19)15-9-12-5-2-3-7-14(12)20-15;/h2-3,5,7,11,13,15H,4,6,8-10,17H2,1H3;1H. The van der Waals surface area contributed by atoms with Crippen molar-refractivity contribution in [3.05, 3.63) is 29.8 Å². The molecule has 1 aromatic carbocycles. The summed E-state index contributed by atoms with van der Waals surface area (Å²) in [4.78, 5) is 16.0. The SMILES string of the molecule is CC(N)C1CCCN(C(=O)C2Cc3ccccc3S2)C1.Cl. The van der Waals surface area contributed by atoms with Gasteiger partial charge in [-0.3, -0.25) is 4.79 Å². The van der Waals surface area contributed by atoms with Crippen LogP contribution in [0.1, 0.15) is 25.3 Å². The lowest BCUT2D eigenvalue weighted by molar-refractivity contribution is -0.132. The summed E-state index contributed by atoms with van der Waals surface area (Å²) >= 11 is 1.73.